The minimum absolute atomic E-state index is 0.101. The number of nitrogens with one attached hydrogen (secondary N) is 3. The number of urea groups is 1. The number of fused-ring (bicyclic) bond motifs is 1. The Bertz CT molecular complexity index is 1150. The van der Waals surface area contributed by atoms with Gasteiger partial charge in [-0.05, 0) is 24.6 Å². The second-order valence-corrected chi connectivity index (χ2v) is 7.51. The van der Waals surface area contributed by atoms with Crippen LogP contribution in [-0.2, 0) is 23.9 Å². The number of para-hydroxylation sites is 2. The minimum Gasteiger partial charge on any atom is -0.478 e. The quantitative estimate of drug-likeness (QED) is 0.534. The van der Waals surface area contributed by atoms with Gasteiger partial charge < -0.3 is 30.2 Å². The van der Waals surface area contributed by atoms with Gasteiger partial charge in [-0.15, -0.1) is 0 Å². The minimum atomic E-state index is -1.07. The van der Waals surface area contributed by atoms with Crippen LogP contribution in [0.2, 0.25) is 0 Å². The maximum Gasteiger partial charge on any atom is 0.338 e. The fourth-order valence-corrected chi connectivity index (χ4v) is 3.67. The van der Waals surface area contributed by atoms with Crippen molar-refractivity contribution in [2.45, 2.75) is 25.5 Å². The molecule has 2 aromatic rings. The van der Waals surface area contributed by atoms with Crippen LogP contribution in [0.4, 0.5) is 10.5 Å². The maximum absolute atomic E-state index is 12.7. The summed E-state index contributed by atoms with van der Waals surface area (Å²) in [6.45, 7) is 1.40. The molecule has 176 valence electrons. The van der Waals surface area contributed by atoms with E-state index in [2.05, 4.69) is 16.0 Å². The summed E-state index contributed by atoms with van der Waals surface area (Å²) >= 11 is 0. The molecule has 0 saturated carbocycles. The predicted octanol–water partition coefficient (Wildman–Crippen LogP) is 2.19. The molecule has 3 N–H and O–H groups in total. The van der Waals surface area contributed by atoms with E-state index in [0.29, 0.717) is 17.0 Å². The number of hydrogen-bond acceptors (Lipinski definition) is 7. The fraction of sp³-hybridized carbons (Fsp3) is 0.250. The third kappa shape index (κ3) is 5.01. The van der Waals surface area contributed by atoms with Crippen molar-refractivity contribution in [1.82, 2.24) is 10.6 Å². The Morgan fingerprint density at radius 1 is 0.971 bits per heavy atom. The molecule has 34 heavy (non-hydrogen) atoms. The Kier molecular flexibility index (Phi) is 6.77. The van der Waals surface area contributed by atoms with E-state index < -0.39 is 42.6 Å². The number of esters is 2. The molecule has 2 aromatic carbocycles. The Hall–Kier alpha value is -4.34. The van der Waals surface area contributed by atoms with Gasteiger partial charge >= 0.3 is 18.0 Å². The molecule has 2 aliphatic heterocycles. The average Bonchev–Trinajstić information content (AvgIpc) is 2.83. The first kappa shape index (κ1) is 22.8. The monoisotopic (exact) mass is 465 g/mol. The first-order valence-electron chi connectivity index (χ1n) is 10.7. The molecule has 2 heterocycles. The summed E-state index contributed by atoms with van der Waals surface area (Å²) in [6.07, 6.45) is -1.42. The van der Waals surface area contributed by atoms with Gasteiger partial charge in [0.2, 0.25) is 0 Å². The molecule has 0 aromatic heterocycles. The highest BCUT2D eigenvalue weighted by atomic mass is 16.5. The molecule has 0 bridgehead atoms. The Morgan fingerprint density at radius 2 is 1.71 bits per heavy atom. The summed E-state index contributed by atoms with van der Waals surface area (Å²) in [6, 6.07) is 14.4. The first-order valence-corrected chi connectivity index (χ1v) is 10.7. The second-order valence-electron chi connectivity index (χ2n) is 7.51. The summed E-state index contributed by atoms with van der Waals surface area (Å²) < 4.78 is 16.1. The van der Waals surface area contributed by atoms with Crippen molar-refractivity contribution < 1.29 is 33.4 Å². The Morgan fingerprint density at radius 3 is 2.47 bits per heavy atom. The Labute approximate surface area is 195 Å². The van der Waals surface area contributed by atoms with Crippen LogP contribution < -0.4 is 20.7 Å². The summed E-state index contributed by atoms with van der Waals surface area (Å²) in [5.74, 6) is -1.41. The van der Waals surface area contributed by atoms with Crippen molar-refractivity contribution in [1.29, 1.82) is 0 Å². The van der Waals surface area contributed by atoms with Gasteiger partial charge in [0.25, 0.3) is 5.91 Å². The van der Waals surface area contributed by atoms with E-state index in [0.717, 1.165) is 0 Å². The number of rotatable bonds is 7. The molecule has 0 aliphatic carbocycles. The molecule has 10 heteroatoms. The SMILES string of the molecule is CCOC(=O)C1=C(COC(=O)CC2Oc3ccccc3NC2=O)NC(=O)NC1c1ccccc1. The van der Waals surface area contributed by atoms with Crippen molar-refractivity contribution in [3.63, 3.8) is 0 Å². The van der Waals surface area contributed by atoms with Crippen molar-refractivity contribution in [2.24, 2.45) is 0 Å². The zero-order valence-electron chi connectivity index (χ0n) is 18.3. The van der Waals surface area contributed by atoms with Gasteiger partial charge in [0.05, 0.1) is 36.0 Å². The van der Waals surface area contributed by atoms with E-state index in [9.17, 15) is 19.2 Å². The van der Waals surface area contributed by atoms with Crippen LogP contribution in [0.1, 0.15) is 24.9 Å². The van der Waals surface area contributed by atoms with Gasteiger partial charge in [-0.3, -0.25) is 9.59 Å². The van der Waals surface area contributed by atoms with Crippen molar-refractivity contribution >= 4 is 29.6 Å². The molecule has 0 saturated heterocycles. The van der Waals surface area contributed by atoms with E-state index >= 15 is 0 Å². The highest BCUT2D eigenvalue weighted by Crippen LogP contribution is 2.30. The zero-order chi connectivity index (χ0) is 24.1. The van der Waals surface area contributed by atoms with Crippen LogP contribution in [0.15, 0.2) is 65.9 Å². The molecule has 2 atom stereocenters. The van der Waals surface area contributed by atoms with Gasteiger partial charge in [-0.25, -0.2) is 9.59 Å². The third-order valence-corrected chi connectivity index (χ3v) is 5.22. The topological polar surface area (TPSA) is 132 Å². The molecule has 3 amide bonds. The van der Waals surface area contributed by atoms with Crippen LogP contribution in [0.5, 0.6) is 5.75 Å². The number of carbonyl (C=O) groups excluding carboxylic acids is 4. The smallest absolute Gasteiger partial charge is 0.338 e. The van der Waals surface area contributed by atoms with Gasteiger partial charge in [0, 0.05) is 0 Å². The van der Waals surface area contributed by atoms with Crippen LogP contribution >= 0.6 is 0 Å². The van der Waals surface area contributed by atoms with E-state index in [1.165, 1.54) is 0 Å². The largest absolute Gasteiger partial charge is 0.478 e. The number of ether oxygens (including phenoxy) is 3. The first-order chi connectivity index (χ1) is 16.5. The van der Waals surface area contributed by atoms with Gasteiger partial charge in [-0.2, -0.15) is 0 Å². The van der Waals surface area contributed by atoms with E-state index in [4.69, 9.17) is 14.2 Å². The van der Waals surface area contributed by atoms with Crippen molar-refractivity contribution in [3.05, 3.63) is 71.4 Å². The van der Waals surface area contributed by atoms with E-state index in [1.807, 2.05) is 6.07 Å². The van der Waals surface area contributed by atoms with E-state index in [-0.39, 0.29) is 24.3 Å². The number of carbonyl (C=O) groups is 4. The highest BCUT2D eigenvalue weighted by molar-refractivity contribution is 5.99. The van der Waals surface area contributed by atoms with Crippen LogP contribution in [0.3, 0.4) is 0 Å². The van der Waals surface area contributed by atoms with Crippen molar-refractivity contribution in [3.8, 4) is 5.75 Å². The molecule has 2 unspecified atom stereocenters. The molecule has 4 rings (SSSR count). The van der Waals surface area contributed by atoms with E-state index in [1.54, 1.807) is 55.5 Å². The lowest BCUT2D eigenvalue weighted by atomic mass is 9.95. The normalized spacial score (nSPS) is 19.1. The number of benzene rings is 2. The molecular weight excluding hydrogens is 442 g/mol. The lowest BCUT2D eigenvalue weighted by molar-refractivity contribution is -0.147. The Balaban J connectivity index is 1.50. The fourth-order valence-electron chi connectivity index (χ4n) is 3.67. The molecule has 0 fully saturated rings. The third-order valence-electron chi connectivity index (χ3n) is 5.22. The molecule has 0 radical (unpaired) electrons. The summed E-state index contributed by atoms with van der Waals surface area (Å²) in [4.78, 5) is 49.8. The van der Waals surface area contributed by atoms with Gasteiger partial charge in [0.15, 0.2) is 6.10 Å². The lowest BCUT2D eigenvalue weighted by Gasteiger charge is -2.29. The average molecular weight is 465 g/mol. The maximum atomic E-state index is 12.7. The highest BCUT2D eigenvalue weighted by Gasteiger charge is 2.35. The number of anilines is 1. The molecule has 0 spiro atoms. The molecule has 10 nitrogen and oxygen atoms in total. The van der Waals surface area contributed by atoms with Gasteiger partial charge in [0.1, 0.15) is 12.4 Å². The summed E-state index contributed by atoms with van der Waals surface area (Å²) in [7, 11) is 0. The standard InChI is InChI=1S/C24H23N3O7/c1-2-32-23(30)20-16(26-24(31)27-21(20)14-8-4-3-5-9-14)13-33-19(28)12-18-22(29)25-15-10-6-7-11-17(15)34-18/h3-11,18,21H,2,12-13H2,1H3,(H,25,29)(H2,26,27,31). The van der Waals surface area contributed by atoms with Crippen LogP contribution in [0.25, 0.3) is 0 Å². The summed E-state index contributed by atoms with van der Waals surface area (Å²) in [5, 5.41) is 7.90. The molecular formula is C24H23N3O7. The zero-order valence-corrected chi connectivity index (χ0v) is 18.3. The second kappa shape index (κ2) is 10.1. The number of amides is 3. The predicted molar refractivity (Wildman–Crippen MR) is 120 cm³/mol. The van der Waals surface area contributed by atoms with Crippen molar-refractivity contribution in [2.75, 3.05) is 18.5 Å². The van der Waals surface area contributed by atoms with Crippen LogP contribution in [0, 0.1) is 0 Å². The molecule has 2 aliphatic rings. The van der Waals surface area contributed by atoms with Gasteiger partial charge in [-0.1, -0.05) is 42.5 Å². The number of hydrogen-bond donors (Lipinski definition) is 3. The lowest BCUT2D eigenvalue weighted by Crippen LogP contribution is -2.47. The summed E-state index contributed by atoms with van der Waals surface area (Å²) in [5.41, 5.74) is 1.41. The van der Waals surface area contributed by atoms with Crippen LogP contribution in [-0.4, -0.2) is 43.2 Å².